The highest BCUT2D eigenvalue weighted by molar-refractivity contribution is 5.68. The maximum atomic E-state index is 11.9. The van der Waals surface area contributed by atoms with Crippen molar-refractivity contribution in [1.29, 1.82) is 5.26 Å². The van der Waals surface area contributed by atoms with Gasteiger partial charge in [-0.05, 0) is 27.7 Å². The van der Waals surface area contributed by atoms with Crippen molar-refractivity contribution >= 4 is 6.09 Å². The highest BCUT2D eigenvalue weighted by Crippen LogP contribution is 2.14. The summed E-state index contributed by atoms with van der Waals surface area (Å²) in [5, 5.41) is 11.9. The summed E-state index contributed by atoms with van der Waals surface area (Å²) in [5.41, 5.74) is -0.496. The number of rotatable bonds is 0. The number of nitrogens with zero attached hydrogens (tertiary/aromatic N) is 2. The van der Waals surface area contributed by atoms with Crippen LogP contribution >= 0.6 is 0 Å². The zero-order chi connectivity index (χ0) is 12.3. The minimum absolute atomic E-state index is 0.0550. The van der Waals surface area contributed by atoms with E-state index in [1.807, 2.05) is 27.7 Å². The average molecular weight is 225 g/mol. The number of piperazine rings is 1. The molecule has 1 N–H and O–H groups in total. The van der Waals surface area contributed by atoms with Crippen molar-refractivity contribution in [3.8, 4) is 6.07 Å². The van der Waals surface area contributed by atoms with E-state index in [0.29, 0.717) is 13.1 Å². The second-order valence-electron chi connectivity index (χ2n) is 5.07. The number of carbonyl (C=O) groups excluding carboxylic acids is 1. The molecule has 1 rings (SSSR count). The Balaban J connectivity index is 2.63. The largest absolute Gasteiger partial charge is 0.444 e. The van der Waals surface area contributed by atoms with E-state index >= 15 is 0 Å². The minimum Gasteiger partial charge on any atom is -0.444 e. The minimum atomic E-state index is -0.496. The third-order valence-corrected chi connectivity index (χ3v) is 2.35. The van der Waals surface area contributed by atoms with Gasteiger partial charge in [0.15, 0.2) is 0 Å². The molecule has 1 saturated heterocycles. The van der Waals surface area contributed by atoms with Gasteiger partial charge in [0, 0.05) is 12.6 Å². The number of nitrogens with one attached hydrogen (secondary N) is 1. The number of hydrogen-bond acceptors (Lipinski definition) is 4. The van der Waals surface area contributed by atoms with Gasteiger partial charge in [-0.1, -0.05) is 0 Å². The van der Waals surface area contributed by atoms with Crippen molar-refractivity contribution < 1.29 is 9.53 Å². The Bertz CT molecular complexity index is 303. The number of hydrogen-bond donors (Lipinski definition) is 1. The molecule has 0 aromatic heterocycles. The first-order chi connectivity index (χ1) is 7.33. The third kappa shape index (κ3) is 3.38. The first kappa shape index (κ1) is 12.8. The van der Waals surface area contributed by atoms with Gasteiger partial charge >= 0.3 is 6.09 Å². The van der Waals surface area contributed by atoms with E-state index in [2.05, 4.69) is 11.4 Å². The Morgan fingerprint density at radius 2 is 2.19 bits per heavy atom. The Kier molecular flexibility index (Phi) is 3.76. The molecule has 0 aliphatic carbocycles. The van der Waals surface area contributed by atoms with Gasteiger partial charge in [-0.3, -0.25) is 5.32 Å². The van der Waals surface area contributed by atoms with Crippen LogP contribution in [0.2, 0.25) is 0 Å². The second-order valence-corrected chi connectivity index (χ2v) is 5.07. The maximum absolute atomic E-state index is 11.9. The highest BCUT2D eigenvalue weighted by atomic mass is 16.6. The molecule has 90 valence electrons. The Hall–Kier alpha value is -1.28. The van der Waals surface area contributed by atoms with Gasteiger partial charge in [0.25, 0.3) is 0 Å². The van der Waals surface area contributed by atoms with E-state index in [1.54, 1.807) is 4.90 Å². The average Bonchev–Trinajstić information content (AvgIpc) is 2.15. The smallest absolute Gasteiger partial charge is 0.410 e. The van der Waals surface area contributed by atoms with Crippen molar-refractivity contribution in [3.63, 3.8) is 0 Å². The second kappa shape index (κ2) is 4.71. The third-order valence-electron chi connectivity index (χ3n) is 2.35. The molecule has 0 aromatic carbocycles. The molecule has 0 radical (unpaired) electrons. The predicted octanol–water partition coefficient (Wildman–Crippen LogP) is 1.11. The lowest BCUT2D eigenvalue weighted by Crippen LogP contribution is -2.57. The Morgan fingerprint density at radius 3 is 2.69 bits per heavy atom. The van der Waals surface area contributed by atoms with Crippen LogP contribution in [0.4, 0.5) is 4.79 Å². The SMILES string of the molecule is C[C@@H]1CN[C@@H](C#N)CN1C(=O)OC(C)(C)C. The summed E-state index contributed by atoms with van der Waals surface area (Å²) >= 11 is 0. The van der Waals surface area contributed by atoms with Crippen LogP contribution in [0.15, 0.2) is 0 Å². The number of carbonyl (C=O) groups is 1. The molecular weight excluding hydrogens is 206 g/mol. The molecule has 0 spiro atoms. The van der Waals surface area contributed by atoms with Crippen LogP contribution in [0.3, 0.4) is 0 Å². The van der Waals surface area contributed by atoms with Crippen LogP contribution < -0.4 is 5.32 Å². The Labute approximate surface area is 96.4 Å². The molecule has 5 nitrogen and oxygen atoms in total. The summed E-state index contributed by atoms with van der Waals surface area (Å²) in [7, 11) is 0. The quantitative estimate of drug-likeness (QED) is 0.670. The van der Waals surface area contributed by atoms with Crippen LogP contribution in [0, 0.1) is 11.3 Å². The van der Waals surface area contributed by atoms with Crippen molar-refractivity contribution in [2.45, 2.75) is 45.4 Å². The summed E-state index contributed by atoms with van der Waals surface area (Å²) in [6.45, 7) is 8.44. The lowest BCUT2D eigenvalue weighted by atomic mass is 10.1. The fourth-order valence-electron chi connectivity index (χ4n) is 1.53. The van der Waals surface area contributed by atoms with Crippen LogP contribution in [0.1, 0.15) is 27.7 Å². The van der Waals surface area contributed by atoms with E-state index in [-0.39, 0.29) is 18.2 Å². The predicted molar refractivity (Wildman–Crippen MR) is 59.8 cm³/mol. The molecule has 0 aromatic rings. The topological polar surface area (TPSA) is 65.4 Å². The van der Waals surface area contributed by atoms with Crippen molar-refractivity contribution in [2.75, 3.05) is 13.1 Å². The molecule has 16 heavy (non-hydrogen) atoms. The highest BCUT2D eigenvalue weighted by Gasteiger charge is 2.31. The summed E-state index contributed by atoms with van der Waals surface area (Å²) in [5.74, 6) is 0. The number of amides is 1. The van der Waals surface area contributed by atoms with Gasteiger partial charge < -0.3 is 9.64 Å². The zero-order valence-electron chi connectivity index (χ0n) is 10.3. The van der Waals surface area contributed by atoms with Crippen LogP contribution in [0.5, 0.6) is 0 Å². The molecule has 0 saturated carbocycles. The van der Waals surface area contributed by atoms with Crippen LogP contribution in [-0.4, -0.2) is 41.8 Å². The Morgan fingerprint density at radius 1 is 1.56 bits per heavy atom. The summed E-state index contributed by atoms with van der Waals surface area (Å²) < 4.78 is 5.29. The van der Waals surface area contributed by atoms with Crippen molar-refractivity contribution in [1.82, 2.24) is 10.2 Å². The monoisotopic (exact) mass is 225 g/mol. The molecule has 5 heteroatoms. The number of ether oxygens (including phenoxy) is 1. The van der Waals surface area contributed by atoms with E-state index in [0.717, 1.165) is 0 Å². The van der Waals surface area contributed by atoms with Crippen LogP contribution in [-0.2, 0) is 4.74 Å². The fourth-order valence-corrected chi connectivity index (χ4v) is 1.53. The van der Waals surface area contributed by atoms with Crippen molar-refractivity contribution in [3.05, 3.63) is 0 Å². The lowest BCUT2D eigenvalue weighted by Gasteiger charge is -2.37. The first-order valence-corrected chi connectivity index (χ1v) is 5.46. The molecule has 1 aliphatic rings. The summed E-state index contributed by atoms with van der Waals surface area (Å²) in [6, 6.07) is 1.86. The molecule has 1 aliphatic heterocycles. The normalized spacial score (nSPS) is 26.1. The molecule has 1 fully saturated rings. The molecular formula is C11H19N3O2. The molecule has 2 atom stereocenters. The molecule has 1 amide bonds. The van der Waals surface area contributed by atoms with Gasteiger partial charge in [0.05, 0.1) is 12.6 Å². The fraction of sp³-hybridized carbons (Fsp3) is 0.818. The van der Waals surface area contributed by atoms with E-state index in [1.165, 1.54) is 0 Å². The van der Waals surface area contributed by atoms with Gasteiger partial charge in [0.2, 0.25) is 0 Å². The summed E-state index contributed by atoms with van der Waals surface area (Å²) in [6.07, 6.45) is -0.346. The van der Waals surface area contributed by atoms with Gasteiger partial charge in [0.1, 0.15) is 11.6 Å². The van der Waals surface area contributed by atoms with E-state index < -0.39 is 5.60 Å². The van der Waals surface area contributed by atoms with E-state index in [4.69, 9.17) is 10.00 Å². The van der Waals surface area contributed by atoms with Gasteiger partial charge in [-0.25, -0.2) is 4.79 Å². The van der Waals surface area contributed by atoms with Gasteiger partial charge in [-0.2, -0.15) is 5.26 Å². The standard InChI is InChI=1S/C11H19N3O2/c1-8-6-13-9(5-12)7-14(8)10(15)16-11(2,3)4/h8-9,13H,6-7H2,1-4H3/t8-,9+/m1/s1. The van der Waals surface area contributed by atoms with Crippen LogP contribution in [0.25, 0.3) is 0 Å². The first-order valence-electron chi connectivity index (χ1n) is 5.46. The zero-order valence-corrected chi connectivity index (χ0v) is 10.3. The van der Waals surface area contributed by atoms with Crippen molar-refractivity contribution in [2.24, 2.45) is 0 Å². The van der Waals surface area contributed by atoms with E-state index in [9.17, 15) is 4.79 Å². The number of nitriles is 1. The summed E-state index contributed by atoms with van der Waals surface area (Å²) in [4.78, 5) is 13.5. The molecule has 0 unspecified atom stereocenters. The maximum Gasteiger partial charge on any atom is 0.410 e. The van der Waals surface area contributed by atoms with Gasteiger partial charge in [-0.15, -0.1) is 0 Å². The lowest BCUT2D eigenvalue weighted by molar-refractivity contribution is 0.0118. The molecule has 1 heterocycles. The molecule has 0 bridgehead atoms.